The van der Waals surface area contributed by atoms with E-state index in [-0.39, 0.29) is 17.2 Å². The predicted molar refractivity (Wildman–Crippen MR) is 112 cm³/mol. The van der Waals surface area contributed by atoms with Crippen molar-refractivity contribution in [1.29, 1.82) is 0 Å². The number of hydrogen-bond acceptors (Lipinski definition) is 7. The normalized spacial score (nSPS) is 15.0. The summed E-state index contributed by atoms with van der Waals surface area (Å²) in [5, 5.41) is 18.9. The van der Waals surface area contributed by atoms with E-state index in [1.54, 1.807) is 30.3 Å². The smallest absolute Gasteiger partial charge is 0.323 e. The van der Waals surface area contributed by atoms with Crippen LogP contribution >= 0.6 is 27.7 Å². The molecule has 0 aromatic heterocycles. The number of rotatable bonds is 7. The topological polar surface area (TPSA) is 127 Å². The molecule has 0 radical (unpaired) electrons. The second-order valence-corrected chi connectivity index (χ2v) is 7.96. The van der Waals surface area contributed by atoms with Crippen LogP contribution in [-0.2, 0) is 16.2 Å². The molecule has 0 atom stereocenters. The van der Waals surface area contributed by atoms with Crippen LogP contribution < -0.4 is 4.74 Å². The number of benzene rings is 2. The Morgan fingerprint density at radius 2 is 1.93 bits per heavy atom. The Bertz CT molecular complexity index is 1070. The Balaban J connectivity index is 1.81. The highest BCUT2D eigenvalue weighted by Crippen LogP contribution is 2.35. The molecule has 9 nitrogen and oxygen atoms in total. The van der Waals surface area contributed by atoms with Gasteiger partial charge in [-0.1, -0.05) is 15.9 Å². The molecule has 3 rings (SSSR count). The van der Waals surface area contributed by atoms with E-state index in [0.717, 1.165) is 0 Å². The molecular formula is C19H13BrN2O7S. The number of carbonyl (C=O) groups excluding carboxylic acids is 2. The van der Waals surface area contributed by atoms with Gasteiger partial charge in [0.25, 0.3) is 16.8 Å². The van der Waals surface area contributed by atoms with Gasteiger partial charge in [0.05, 0.1) is 9.83 Å². The van der Waals surface area contributed by atoms with Crippen molar-refractivity contribution in [3.63, 3.8) is 0 Å². The maximum absolute atomic E-state index is 12.4. The molecular weight excluding hydrogens is 480 g/mol. The highest BCUT2D eigenvalue weighted by atomic mass is 79.9. The van der Waals surface area contributed by atoms with Crippen molar-refractivity contribution < 1.29 is 29.2 Å². The maximum Gasteiger partial charge on any atom is 0.323 e. The minimum atomic E-state index is -1.28. The SMILES string of the molecule is O=C(O)CN1C(=O)S/C(=C/c2cc(Br)ccc2OCc2ccc([N+](=O)[O-])cc2)C1=O. The summed E-state index contributed by atoms with van der Waals surface area (Å²) in [4.78, 5) is 46.1. The predicted octanol–water partition coefficient (Wildman–Crippen LogP) is 4.06. The fourth-order valence-electron chi connectivity index (χ4n) is 2.55. The van der Waals surface area contributed by atoms with Crippen molar-refractivity contribution in [2.75, 3.05) is 6.54 Å². The number of aliphatic carboxylic acids is 1. The van der Waals surface area contributed by atoms with Crippen molar-refractivity contribution in [3.05, 3.63) is 73.1 Å². The third-order valence-electron chi connectivity index (χ3n) is 3.97. The van der Waals surface area contributed by atoms with Crippen molar-refractivity contribution in [2.45, 2.75) is 6.61 Å². The molecule has 30 heavy (non-hydrogen) atoms. The Hall–Kier alpha value is -3.18. The van der Waals surface area contributed by atoms with Crippen LogP contribution in [0.4, 0.5) is 10.5 Å². The third-order valence-corrected chi connectivity index (χ3v) is 5.37. The molecule has 1 fully saturated rings. The summed E-state index contributed by atoms with van der Waals surface area (Å²) < 4.78 is 6.50. The molecule has 0 spiro atoms. The minimum absolute atomic E-state index is 0.0276. The molecule has 1 N–H and O–H groups in total. The molecule has 154 valence electrons. The number of carboxylic acid groups (broad SMARTS) is 1. The van der Waals surface area contributed by atoms with Crippen molar-refractivity contribution in [2.24, 2.45) is 0 Å². The molecule has 2 amide bonds. The molecule has 1 heterocycles. The molecule has 1 saturated heterocycles. The van der Waals surface area contributed by atoms with E-state index in [1.165, 1.54) is 18.2 Å². The second-order valence-electron chi connectivity index (χ2n) is 6.06. The second kappa shape index (κ2) is 9.09. The van der Waals surface area contributed by atoms with Gasteiger partial charge in [-0.3, -0.25) is 29.4 Å². The lowest BCUT2D eigenvalue weighted by Crippen LogP contribution is -2.33. The molecule has 0 unspecified atom stereocenters. The van der Waals surface area contributed by atoms with Crippen LogP contribution in [0, 0.1) is 10.1 Å². The Morgan fingerprint density at radius 3 is 2.57 bits per heavy atom. The number of imide groups is 1. The van der Waals surface area contributed by atoms with Gasteiger partial charge in [-0.05, 0) is 53.7 Å². The zero-order chi connectivity index (χ0) is 21.8. The first-order valence-corrected chi connectivity index (χ1v) is 9.98. The van der Waals surface area contributed by atoms with Gasteiger partial charge in [0.2, 0.25) is 0 Å². The van der Waals surface area contributed by atoms with Crippen LogP contribution in [-0.4, -0.2) is 38.6 Å². The molecule has 11 heteroatoms. The molecule has 1 aliphatic rings. The average molecular weight is 493 g/mol. The van der Waals surface area contributed by atoms with Crippen LogP contribution in [0.5, 0.6) is 5.75 Å². The largest absolute Gasteiger partial charge is 0.488 e. The molecule has 2 aromatic carbocycles. The van der Waals surface area contributed by atoms with Gasteiger partial charge in [0, 0.05) is 22.2 Å². The van der Waals surface area contributed by atoms with Gasteiger partial charge in [-0.25, -0.2) is 0 Å². The number of hydrogen-bond donors (Lipinski definition) is 1. The summed E-state index contributed by atoms with van der Waals surface area (Å²) in [5.74, 6) is -1.55. The van der Waals surface area contributed by atoms with Gasteiger partial charge in [-0.15, -0.1) is 0 Å². The standard InChI is InChI=1S/C19H13BrN2O7S/c20-13-3-6-15(29-10-11-1-4-14(5-2-11)22(27)28)12(7-13)8-16-18(25)21(9-17(23)24)19(26)30-16/h1-8H,9-10H2,(H,23,24)/b16-8+. The first-order chi connectivity index (χ1) is 14.2. The summed E-state index contributed by atoms with van der Waals surface area (Å²) in [6.45, 7) is -0.578. The van der Waals surface area contributed by atoms with E-state index >= 15 is 0 Å². The highest BCUT2D eigenvalue weighted by Gasteiger charge is 2.36. The van der Waals surface area contributed by atoms with E-state index in [4.69, 9.17) is 9.84 Å². The number of nitro benzene ring substituents is 1. The number of non-ortho nitro benzene ring substituents is 1. The zero-order valence-electron chi connectivity index (χ0n) is 15.1. The zero-order valence-corrected chi connectivity index (χ0v) is 17.5. The average Bonchev–Trinajstić information content (AvgIpc) is 2.94. The summed E-state index contributed by atoms with van der Waals surface area (Å²) in [5.41, 5.74) is 1.18. The fourth-order valence-corrected chi connectivity index (χ4v) is 3.76. The molecule has 0 bridgehead atoms. The lowest BCUT2D eigenvalue weighted by molar-refractivity contribution is -0.384. The lowest BCUT2D eigenvalue weighted by Gasteiger charge is -2.11. The van der Waals surface area contributed by atoms with Gasteiger partial charge >= 0.3 is 5.97 Å². The minimum Gasteiger partial charge on any atom is -0.488 e. The Labute approximate surface area is 182 Å². The number of amides is 2. The monoisotopic (exact) mass is 492 g/mol. The Kier molecular flexibility index (Phi) is 6.53. The molecule has 2 aromatic rings. The number of nitrogens with zero attached hydrogens (tertiary/aromatic N) is 2. The first kappa shape index (κ1) is 21.5. The molecule has 1 aliphatic heterocycles. The number of carbonyl (C=O) groups is 3. The summed E-state index contributed by atoms with van der Waals surface area (Å²) in [7, 11) is 0. The summed E-state index contributed by atoms with van der Waals surface area (Å²) in [6, 6.07) is 11.0. The third kappa shape index (κ3) is 5.05. The van der Waals surface area contributed by atoms with Crippen LogP contribution in [0.15, 0.2) is 51.8 Å². The van der Waals surface area contributed by atoms with Crippen LogP contribution in [0.1, 0.15) is 11.1 Å². The Morgan fingerprint density at radius 1 is 1.23 bits per heavy atom. The van der Waals surface area contributed by atoms with Crippen LogP contribution in [0.25, 0.3) is 6.08 Å². The highest BCUT2D eigenvalue weighted by molar-refractivity contribution is 9.10. The van der Waals surface area contributed by atoms with Gasteiger partial charge < -0.3 is 9.84 Å². The van der Waals surface area contributed by atoms with E-state index in [0.29, 0.717) is 38.0 Å². The summed E-state index contributed by atoms with van der Waals surface area (Å²) >= 11 is 3.99. The van der Waals surface area contributed by atoms with Crippen molar-refractivity contribution >= 4 is 56.6 Å². The van der Waals surface area contributed by atoms with Crippen LogP contribution in [0.3, 0.4) is 0 Å². The fraction of sp³-hybridized carbons (Fsp3) is 0.105. The van der Waals surface area contributed by atoms with E-state index in [1.807, 2.05) is 0 Å². The molecule has 0 aliphatic carbocycles. The molecule has 0 saturated carbocycles. The maximum atomic E-state index is 12.4. The number of ether oxygens (including phenoxy) is 1. The van der Waals surface area contributed by atoms with Gasteiger partial charge in [-0.2, -0.15) is 0 Å². The van der Waals surface area contributed by atoms with Gasteiger partial charge in [0.1, 0.15) is 18.9 Å². The van der Waals surface area contributed by atoms with E-state index < -0.39 is 28.6 Å². The number of halogens is 1. The number of thioether (sulfide) groups is 1. The quantitative estimate of drug-likeness (QED) is 0.348. The van der Waals surface area contributed by atoms with E-state index in [9.17, 15) is 24.5 Å². The lowest BCUT2D eigenvalue weighted by atomic mass is 10.1. The summed E-state index contributed by atoms with van der Waals surface area (Å²) in [6.07, 6.45) is 1.46. The number of nitro groups is 1. The first-order valence-electron chi connectivity index (χ1n) is 8.37. The van der Waals surface area contributed by atoms with E-state index in [2.05, 4.69) is 15.9 Å². The number of carboxylic acids is 1. The van der Waals surface area contributed by atoms with Crippen LogP contribution in [0.2, 0.25) is 0 Å². The van der Waals surface area contributed by atoms with Crippen molar-refractivity contribution in [1.82, 2.24) is 4.90 Å². The van der Waals surface area contributed by atoms with Gasteiger partial charge in [0.15, 0.2) is 0 Å². The van der Waals surface area contributed by atoms with Crippen molar-refractivity contribution in [3.8, 4) is 5.75 Å².